The summed E-state index contributed by atoms with van der Waals surface area (Å²) in [7, 11) is -5.59. The molecule has 0 bridgehead atoms. The van der Waals surface area contributed by atoms with Crippen molar-refractivity contribution in [3.63, 3.8) is 0 Å². The number of aromatic nitrogens is 1. The van der Waals surface area contributed by atoms with Crippen LogP contribution >= 0.6 is 0 Å². The van der Waals surface area contributed by atoms with Crippen LogP contribution < -0.4 is 65.5 Å². The number of ether oxygens (including phenoxy) is 1. The molecule has 7 amide bonds. The Morgan fingerprint density at radius 1 is 0.833 bits per heavy atom. The maximum atomic E-state index is 14.7. The van der Waals surface area contributed by atoms with Gasteiger partial charge >= 0.3 is 29.6 Å². The summed E-state index contributed by atoms with van der Waals surface area (Å²) in [5.74, 6) is -14.7. The standard InChI is InChI=1S/C57H72N8O23S.Na/c1-4-5-6-17-86-33-14-11-29(12-15-33)42-22-35(63-87-42)28-7-9-30(10-8-28)51(76)59-36-21-41(71)54(79)62-55(80)47-48(73)26(2)24-65(47)56(81)34(39(69)23-44(58)72)20-40(70)46(50(75)49(74)31-13-16-38(68)43(18-31)88-89(83,84)85)61-53(78)37-19-32(67)25-64(37)57(82)45(27(3)66)60-52(36)77;/h7-16,18,22,26-27,32,34,36-37,39,41,45-50,54,66-69,71,73-75,79H,4-6,17,19-21,23-25H2,1-3H3,(H2,58,72)(H,59,76)(H,60,77)(H,61,78)(H,62,80)(H,83,84,85);/q;+1/p-1/t26-,27+,32+,34-,36-,37-,39+,41+,45-,46+,47-,48-,49-,50-,54+;/m0./s1. The Morgan fingerprint density at radius 2 is 1.49 bits per heavy atom. The van der Waals surface area contributed by atoms with Crippen LogP contribution in [0.1, 0.15) is 87.7 Å². The van der Waals surface area contributed by atoms with Gasteiger partial charge in [0.05, 0.1) is 43.4 Å². The maximum Gasteiger partial charge on any atom is 1.00 e. The van der Waals surface area contributed by atoms with Crippen molar-refractivity contribution < 1.29 is 140 Å². The van der Waals surface area contributed by atoms with Gasteiger partial charge in [-0.2, -0.15) is 0 Å². The molecule has 33 heteroatoms. The number of primary amides is 1. The summed E-state index contributed by atoms with van der Waals surface area (Å²) < 4.78 is 50.0. The number of carbonyl (C=O) groups excluding carboxylic acids is 8. The van der Waals surface area contributed by atoms with Gasteiger partial charge in [0.1, 0.15) is 60.0 Å². The van der Waals surface area contributed by atoms with Crippen molar-refractivity contribution in [2.24, 2.45) is 17.6 Å². The SMILES string of the molecule is CCCCCOc1ccc(-c2cc(-c3ccc(C(=O)N[C@H]4C[C@@H](O)[C@@H](O)NC(=O)[C@@H]5[C@@H](O)[C@@H](C)CN5C(=O)[C@H]([C@H](O)CC(N)=O)CC(=O)[C@H]([C@H](O)[C@@H](O)c5ccc(O)c(OS(=O)(=O)[O-])c5)NC(=O)[C@@H]5C[C@@H](O)CN5C(=O)[C@H]([C@@H](C)O)NC4=O)cc3)no2)cc1.[Na+]. The zero-order valence-corrected chi connectivity index (χ0v) is 52.0. The largest absolute Gasteiger partial charge is 1.00 e. The van der Waals surface area contributed by atoms with Crippen molar-refractivity contribution in [2.45, 2.75) is 145 Å². The monoisotopic (exact) mass is 1290 g/mol. The number of Topliss-reactive ketones (excluding diaryl/α,β-unsaturated/α-hetero) is 1. The molecule has 31 nitrogen and oxygen atoms in total. The first-order chi connectivity index (χ1) is 42.0. The fraction of sp³-hybridized carbons (Fsp3) is 0.491. The van der Waals surface area contributed by atoms with Gasteiger partial charge in [-0.1, -0.05) is 50.0 Å². The predicted molar refractivity (Wildman–Crippen MR) is 303 cm³/mol. The molecule has 15 N–H and O–H groups in total. The van der Waals surface area contributed by atoms with Crippen molar-refractivity contribution in [2.75, 3.05) is 19.7 Å². The molecule has 0 aliphatic carbocycles. The first-order valence-corrected chi connectivity index (χ1v) is 29.7. The Balaban J connectivity index is 0.0000129. The molecule has 90 heavy (non-hydrogen) atoms. The van der Waals surface area contributed by atoms with Gasteiger partial charge < -0.3 is 101 Å². The van der Waals surface area contributed by atoms with Crippen LogP contribution in [0.3, 0.4) is 0 Å². The summed E-state index contributed by atoms with van der Waals surface area (Å²) in [6, 6.07) is 6.10. The van der Waals surface area contributed by atoms with Crippen LogP contribution in [0.15, 0.2) is 77.3 Å². The third kappa shape index (κ3) is 17.9. The first kappa shape index (κ1) is 71.9. The number of benzene rings is 3. The number of nitrogens with one attached hydrogen (secondary N) is 4. The quantitative estimate of drug-likeness (QED) is 0.0191. The van der Waals surface area contributed by atoms with E-state index in [1.165, 1.54) is 31.2 Å². The topological polar surface area (TPSA) is 501 Å². The number of carbonyl (C=O) groups is 8. The fourth-order valence-electron chi connectivity index (χ4n) is 10.6. The fourth-order valence-corrected chi connectivity index (χ4v) is 11.0. The first-order valence-electron chi connectivity index (χ1n) is 28.3. The number of phenols is 1. The third-order valence-corrected chi connectivity index (χ3v) is 15.9. The van der Waals surface area contributed by atoms with Crippen molar-refractivity contribution in [3.05, 3.63) is 83.9 Å². The summed E-state index contributed by atoms with van der Waals surface area (Å²) in [4.78, 5) is 115. The van der Waals surface area contributed by atoms with E-state index in [-0.39, 0.29) is 35.1 Å². The maximum absolute atomic E-state index is 14.7. The zero-order chi connectivity index (χ0) is 65.3. The molecule has 0 radical (unpaired) electrons. The molecule has 3 aliphatic heterocycles. The Morgan fingerprint density at radius 3 is 2.12 bits per heavy atom. The molecule has 3 aliphatic rings. The summed E-state index contributed by atoms with van der Waals surface area (Å²) in [6.45, 7) is 3.81. The van der Waals surface area contributed by atoms with Crippen LogP contribution in [0.25, 0.3) is 22.6 Å². The Labute approximate surface area is 537 Å². The van der Waals surface area contributed by atoms with E-state index in [0.29, 0.717) is 56.9 Å². The number of hydrogen-bond acceptors (Lipinski definition) is 24. The minimum Gasteiger partial charge on any atom is -0.716 e. The second-order valence-electron chi connectivity index (χ2n) is 22.2. The van der Waals surface area contributed by atoms with Gasteiger partial charge in [0.2, 0.25) is 35.4 Å². The molecule has 0 saturated carbocycles. The molecule has 3 fully saturated rings. The summed E-state index contributed by atoms with van der Waals surface area (Å²) in [5.41, 5.74) is 6.20. The van der Waals surface area contributed by atoms with E-state index in [9.17, 15) is 97.3 Å². The van der Waals surface area contributed by atoms with Crippen LogP contribution in [-0.4, -0.2) is 214 Å². The number of fused-ring (bicyclic) bond motifs is 2. The van der Waals surface area contributed by atoms with Crippen LogP contribution in [0, 0.1) is 11.8 Å². The molecule has 15 atom stereocenters. The Bertz CT molecular complexity index is 3340. The van der Waals surface area contributed by atoms with Crippen molar-refractivity contribution in [1.29, 1.82) is 0 Å². The number of nitrogens with zero attached hydrogens (tertiary/aromatic N) is 3. The van der Waals surface area contributed by atoms with E-state index in [0.717, 1.165) is 32.3 Å². The Hall–Kier alpha value is -7.18. The van der Waals surface area contributed by atoms with E-state index >= 15 is 0 Å². The van der Waals surface area contributed by atoms with Gasteiger partial charge in [-0.15, -0.1) is 0 Å². The molecular formula is C57H71N8NaO23S. The molecular weight excluding hydrogens is 1220 g/mol. The van der Waals surface area contributed by atoms with E-state index in [2.05, 4.69) is 32.2 Å². The minimum atomic E-state index is -5.59. The van der Waals surface area contributed by atoms with Gasteiger partial charge in [0.15, 0.2) is 29.3 Å². The summed E-state index contributed by atoms with van der Waals surface area (Å²) >= 11 is 0. The second-order valence-corrected chi connectivity index (χ2v) is 23.2. The molecule has 7 rings (SSSR count). The van der Waals surface area contributed by atoms with Gasteiger partial charge in [-0.25, -0.2) is 8.42 Å². The number of nitrogens with two attached hydrogens (primary N) is 1. The van der Waals surface area contributed by atoms with Gasteiger partial charge in [0, 0.05) is 61.0 Å². The minimum absolute atomic E-state index is 0. The number of amides is 7. The molecule has 4 heterocycles. The number of aliphatic hydroxyl groups excluding tert-OH is 8. The molecule has 484 valence electrons. The van der Waals surface area contributed by atoms with E-state index in [4.69, 9.17) is 15.0 Å². The van der Waals surface area contributed by atoms with Crippen molar-refractivity contribution in [1.82, 2.24) is 36.2 Å². The summed E-state index contributed by atoms with van der Waals surface area (Å²) in [5, 5.41) is 114. The molecule has 1 aromatic heterocycles. The van der Waals surface area contributed by atoms with E-state index in [1.807, 2.05) is 5.32 Å². The molecule has 0 unspecified atom stereocenters. The van der Waals surface area contributed by atoms with Crippen LogP contribution in [0.4, 0.5) is 0 Å². The molecule has 3 aromatic carbocycles. The third-order valence-electron chi connectivity index (χ3n) is 15.5. The van der Waals surface area contributed by atoms with Crippen molar-refractivity contribution >= 4 is 57.5 Å². The number of hydrogen-bond donors (Lipinski definition) is 14. The van der Waals surface area contributed by atoms with Gasteiger partial charge in [0.25, 0.3) is 16.3 Å². The van der Waals surface area contributed by atoms with E-state index < -0.39 is 204 Å². The molecule has 3 saturated heterocycles. The van der Waals surface area contributed by atoms with Crippen LogP contribution in [-0.2, 0) is 44.0 Å². The number of aliphatic hydroxyl groups is 8. The number of ketones is 1. The number of phenolic OH excluding ortho intramolecular Hbond substituents is 1. The van der Waals surface area contributed by atoms with Crippen LogP contribution in [0.5, 0.6) is 17.2 Å². The van der Waals surface area contributed by atoms with Crippen molar-refractivity contribution in [3.8, 4) is 39.8 Å². The average Bonchev–Trinajstić information content (AvgIpc) is 2.24. The second kappa shape index (κ2) is 31.2. The smallest absolute Gasteiger partial charge is 0.716 e. The van der Waals surface area contributed by atoms with Gasteiger partial charge in [-0.3, -0.25) is 38.4 Å². The normalized spacial score (nSPS) is 26.2. The predicted octanol–water partition coefficient (Wildman–Crippen LogP) is -6.15. The number of unbranched alkanes of at least 4 members (excludes halogenated alkanes) is 2. The number of aromatic hydroxyl groups is 1. The molecule has 4 aromatic rings. The molecule has 0 spiro atoms. The Kier molecular flexibility index (Phi) is 24.9. The number of rotatable bonds is 18. The van der Waals surface area contributed by atoms with E-state index in [1.54, 1.807) is 30.3 Å². The average molecular weight is 1290 g/mol. The summed E-state index contributed by atoms with van der Waals surface area (Å²) in [6.07, 6.45) is -18.3. The van der Waals surface area contributed by atoms with Crippen LogP contribution in [0.2, 0.25) is 0 Å². The van der Waals surface area contributed by atoms with Gasteiger partial charge in [-0.05, 0) is 67.4 Å². The zero-order valence-electron chi connectivity index (χ0n) is 49.2.